The first kappa shape index (κ1) is 16.6. The summed E-state index contributed by atoms with van der Waals surface area (Å²) in [5, 5.41) is 0.374. The summed E-state index contributed by atoms with van der Waals surface area (Å²) in [7, 11) is 0. The Balaban J connectivity index is 1.91. The highest BCUT2D eigenvalue weighted by atomic mass is 35.5. The van der Waals surface area contributed by atoms with Crippen LogP contribution in [0.1, 0.15) is 16.8 Å². The molecule has 25 heavy (non-hydrogen) atoms. The minimum Gasteiger partial charge on any atom is -0.317 e. The molecule has 1 aliphatic rings. The highest BCUT2D eigenvalue weighted by Gasteiger charge is 2.45. The van der Waals surface area contributed by atoms with Gasteiger partial charge in [-0.15, -0.1) is 11.8 Å². The number of nitrogens with two attached hydrogens (primary N) is 2. The summed E-state index contributed by atoms with van der Waals surface area (Å²) in [6.45, 7) is 1.99. The summed E-state index contributed by atoms with van der Waals surface area (Å²) in [5.41, 5.74) is 17.8. The van der Waals surface area contributed by atoms with E-state index in [-0.39, 0.29) is 5.37 Å². The lowest BCUT2D eigenvalue weighted by atomic mass is 9.82. The van der Waals surface area contributed by atoms with Gasteiger partial charge in [0, 0.05) is 21.8 Å². The van der Waals surface area contributed by atoms with E-state index in [1.165, 1.54) is 0 Å². The smallest absolute Gasteiger partial charge is 0.0929 e. The molecule has 0 saturated heterocycles. The molecule has 2 heterocycles. The zero-order chi connectivity index (χ0) is 17.6. The molecule has 1 aliphatic heterocycles. The number of pyridine rings is 1. The van der Waals surface area contributed by atoms with Gasteiger partial charge < -0.3 is 11.5 Å². The van der Waals surface area contributed by atoms with Crippen LogP contribution in [0.4, 0.5) is 0 Å². The van der Waals surface area contributed by atoms with Crippen molar-refractivity contribution in [3.63, 3.8) is 0 Å². The van der Waals surface area contributed by atoms with Gasteiger partial charge in [-0.1, -0.05) is 41.9 Å². The SMILES string of the molecule is Cc1cc(-c2cccc3c2SC(N)C3(N)c2cccc(Cl)c2)ccn1. The number of benzene rings is 2. The number of nitrogens with zero attached hydrogens (tertiary/aromatic N) is 1. The summed E-state index contributed by atoms with van der Waals surface area (Å²) in [6, 6.07) is 18.0. The van der Waals surface area contributed by atoms with Crippen LogP contribution in [0.15, 0.2) is 65.7 Å². The van der Waals surface area contributed by atoms with Crippen LogP contribution in [0, 0.1) is 6.92 Å². The second-order valence-corrected chi connectivity index (χ2v) is 7.87. The minimum absolute atomic E-state index is 0.287. The van der Waals surface area contributed by atoms with Gasteiger partial charge in [0.1, 0.15) is 0 Å². The lowest BCUT2D eigenvalue weighted by molar-refractivity contribution is 0.527. The molecule has 1 aromatic heterocycles. The van der Waals surface area contributed by atoms with Crippen molar-refractivity contribution < 1.29 is 0 Å². The van der Waals surface area contributed by atoms with E-state index in [4.69, 9.17) is 23.1 Å². The topological polar surface area (TPSA) is 64.9 Å². The molecular formula is C20H18ClN3S. The van der Waals surface area contributed by atoms with Crippen molar-refractivity contribution in [1.82, 2.24) is 4.98 Å². The van der Waals surface area contributed by atoms with Crippen molar-refractivity contribution in [2.24, 2.45) is 11.5 Å². The molecule has 0 amide bonds. The second-order valence-electron chi connectivity index (χ2n) is 6.29. The molecule has 0 radical (unpaired) electrons. The molecule has 0 aliphatic carbocycles. The lowest BCUT2D eigenvalue weighted by Gasteiger charge is -2.30. The molecule has 3 aromatic rings. The normalized spacial score (nSPS) is 22.0. The first-order valence-corrected chi connectivity index (χ1v) is 9.29. The van der Waals surface area contributed by atoms with Crippen LogP contribution in [0.5, 0.6) is 0 Å². The van der Waals surface area contributed by atoms with Crippen molar-refractivity contribution >= 4 is 23.4 Å². The Morgan fingerprint density at radius 2 is 1.92 bits per heavy atom. The number of hydrogen-bond acceptors (Lipinski definition) is 4. The van der Waals surface area contributed by atoms with E-state index >= 15 is 0 Å². The maximum atomic E-state index is 6.86. The van der Waals surface area contributed by atoms with Crippen LogP contribution < -0.4 is 11.5 Å². The first-order chi connectivity index (χ1) is 12.0. The fraction of sp³-hybridized carbons (Fsp3) is 0.150. The second kappa shape index (κ2) is 6.15. The quantitative estimate of drug-likeness (QED) is 0.708. The Morgan fingerprint density at radius 1 is 1.12 bits per heavy atom. The largest absolute Gasteiger partial charge is 0.317 e. The molecular weight excluding hydrogens is 350 g/mol. The highest BCUT2D eigenvalue weighted by molar-refractivity contribution is 8.00. The van der Waals surface area contributed by atoms with E-state index in [0.29, 0.717) is 5.02 Å². The monoisotopic (exact) mass is 367 g/mol. The number of aromatic nitrogens is 1. The molecule has 0 bridgehead atoms. The Bertz CT molecular complexity index is 959. The fourth-order valence-electron chi connectivity index (χ4n) is 3.37. The number of thioether (sulfide) groups is 1. The van der Waals surface area contributed by atoms with Crippen molar-refractivity contribution in [2.75, 3.05) is 0 Å². The molecule has 0 saturated carbocycles. The van der Waals surface area contributed by atoms with Gasteiger partial charge in [0.2, 0.25) is 0 Å². The first-order valence-electron chi connectivity index (χ1n) is 8.04. The molecule has 4 rings (SSSR count). The molecule has 4 N–H and O–H groups in total. The van der Waals surface area contributed by atoms with Crippen molar-refractivity contribution in [1.29, 1.82) is 0 Å². The highest BCUT2D eigenvalue weighted by Crippen LogP contribution is 2.51. The van der Waals surface area contributed by atoms with Gasteiger partial charge in [0.05, 0.1) is 10.9 Å². The predicted octanol–water partition coefficient (Wildman–Crippen LogP) is 4.30. The van der Waals surface area contributed by atoms with Crippen LogP contribution in [0.3, 0.4) is 0 Å². The maximum absolute atomic E-state index is 6.86. The predicted molar refractivity (Wildman–Crippen MR) is 105 cm³/mol. The van der Waals surface area contributed by atoms with Crippen LogP contribution in [0.2, 0.25) is 5.02 Å². The minimum atomic E-state index is -0.775. The number of hydrogen-bond donors (Lipinski definition) is 2. The summed E-state index contributed by atoms with van der Waals surface area (Å²) in [5.74, 6) is 0. The molecule has 2 atom stereocenters. The van der Waals surface area contributed by atoms with E-state index in [0.717, 1.165) is 32.8 Å². The van der Waals surface area contributed by atoms with Crippen LogP contribution >= 0.6 is 23.4 Å². The fourth-order valence-corrected chi connectivity index (χ4v) is 4.94. The van der Waals surface area contributed by atoms with Crippen molar-refractivity contribution in [3.8, 4) is 11.1 Å². The van der Waals surface area contributed by atoms with Gasteiger partial charge in [0.25, 0.3) is 0 Å². The van der Waals surface area contributed by atoms with E-state index in [1.807, 2.05) is 49.5 Å². The van der Waals surface area contributed by atoms with Crippen LogP contribution in [0.25, 0.3) is 11.1 Å². The average molecular weight is 368 g/mol. The Labute approximate surface area is 156 Å². The van der Waals surface area contributed by atoms with Crippen LogP contribution in [-0.2, 0) is 5.54 Å². The Morgan fingerprint density at radius 3 is 2.68 bits per heavy atom. The zero-order valence-electron chi connectivity index (χ0n) is 13.7. The van der Waals surface area contributed by atoms with Gasteiger partial charge in [-0.2, -0.15) is 0 Å². The Kier molecular flexibility index (Phi) is 4.08. The number of rotatable bonds is 2. The molecule has 3 nitrogen and oxygen atoms in total. The summed E-state index contributed by atoms with van der Waals surface area (Å²) >= 11 is 7.81. The molecule has 2 unspecified atom stereocenters. The van der Waals surface area contributed by atoms with E-state index in [2.05, 4.69) is 23.2 Å². The summed E-state index contributed by atoms with van der Waals surface area (Å²) < 4.78 is 0. The molecule has 2 aromatic carbocycles. The third-order valence-corrected chi connectivity index (χ3v) is 6.20. The van der Waals surface area contributed by atoms with Crippen molar-refractivity contribution in [2.45, 2.75) is 22.7 Å². The van der Waals surface area contributed by atoms with E-state index < -0.39 is 5.54 Å². The molecule has 0 fully saturated rings. The van der Waals surface area contributed by atoms with Gasteiger partial charge in [-0.05, 0) is 53.4 Å². The summed E-state index contributed by atoms with van der Waals surface area (Å²) in [4.78, 5) is 5.42. The van der Waals surface area contributed by atoms with Crippen LogP contribution in [-0.4, -0.2) is 10.4 Å². The third kappa shape index (κ3) is 2.66. The number of fused-ring (bicyclic) bond motifs is 1. The third-order valence-electron chi connectivity index (χ3n) is 4.66. The average Bonchev–Trinajstić information content (AvgIpc) is 2.87. The van der Waals surface area contributed by atoms with Gasteiger partial charge in [-0.25, -0.2) is 0 Å². The van der Waals surface area contributed by atoms with E-state index in [9.17, 15) is 0 Å². The lowest BCUT2D eigenvalue weighted by Crippen LogP contribution is -2.48. The maximum Gasteiger partial charge on any atom is 0.0929 e. The van der Waals surface area contributed by atoms with Gasteiger partial charge in [0.15, 0.2) is 0 Å². The number of aryl methyl sites for hydroxylation is 1. The Hall–Kier alpha value is -1.85. The standard InChI is InChI=1S/C20H18ClN3S/c1-12-10-13(8-9-24-12)16-6-3-7-17-18(16)25-19(22)20(17,23)14-4-2-5-15(21)11-14/h2-11,19H,22-23H2,1H3. The van der Waals surface area contributed by atoms with E-state index in [1.54, 1.807) is 11.8 Å². The zero-order valence-corrected chi connectivity index (χ0v) is 15.3. The molecule has 126 valence electrons. The number of halogens is 1. The summed E-state index contributed by atoms with van der Waals surface area (Å²) in [6.07, 6.45) is 1.83. The molecule has 5 heteroatoms. The van der Waals surface area contributed by atoms with Gasteiger partial charge >= 0.3 is 0 Å². The van der Waals surface area contributed by atoms with Gasteiger partial charge in [-0.3, -0.25) is 4.98 Å². The van der Waals surface area contributed by atoms with Crippen molar-refractivity contribution in [3.05, 3.63) is 82.6 Å². The molecule has 0 spiro atoms.